The minimum Gasteiger partial charge on any atom is -0.406 e. The smallest absolute Gasteiger partial charge is 0.406 e. The van der Waals surface area contributed by atoms with E-state index in [1.165, 1.54) is 12.1 Å². The maximum absolute atomic E-state index is 14.1. The number of rotatable bonds is 5. The maximum atomic E-state index is 14.1. The molecule has 0 N–H and O–H groups in total. The molecule has 0 aliphatic carbocycles. The summed E-state index contributed by atoms with van der Waals surface area (Å²) < 4.78 is 68.2. The molecule has 7 heteroatoms. The van der Waals surface area contributed by atoms with Crippen molar-refractivity contribution >= 4 is 0 Å². The molecule has 130 valence electrons. The molecule has 1 aliphatic heterocycles. The highest BCUT2D eigenvalue weighted by molar-refractivity contribution is 5.28. The number of benzene rings is 1. The van der Waals surface area contributed by atoms with Gasteiger partial charge in [0.2, 0.25) is 0 Å². The van der Waals surface area contributed by atoms with Crippen molar-refractivity contribution in [3.63, 3.8) is 0 Å². The van der Waals surface area contributed by atoms with Crippen LogP contribution < -0.4 is 4.74 Å². The number of piperidine rings is 1. The van der Waals surface area contributed by atoms with E-state index in [1.54, 1.807) is 0 Å². The van der Waals surface area contributed by atoms with E-state index in [4.69, 9.17) is 0 Å². The van der Waals surface area contributed by atoms with Crippen molar-refractivity contribution in [2.24, 2.45) is 5.92 Å². The Bertz CT molecular complexity index is 492. The van der Waals surface area contributed by atoms with Crippen LogP contribution in [0.4, 0.5) is 22.0 Å². The van der Waals surface area contributed by atoms with Crippen LogP contribution >= 0.6 is 0 Å². The van der Waals surface area contributed by atoms with Crippen LogP contribution in [0.15, 0.2) is 24.3 Å². The zero-order valence-corrected chi connectivity index (χ0v) is 12.9. The number of likely N-dealkylation sites (tertiary alicyclic amines) is 1. The molecule has 2 nitrogen and oxygen atoms in total. The molecule has 0 unspecified atom stereocenters. The fourth-order valence-electron chi connectivity index (χ4n) is 2.87. The molecule has 0 saturated carbocycles. The van der Waals surface area contributed by atoms with E-state index in [0.717, 1.165) is 38.1 Å². The Kier molecular flexibility index (Phi) is 5.49. The lowest BCUT2D eigenvalue weighted by molar-refractivity contribution is -0.274. The Morgan fingerprint density at radius 2 is 1.61 bits per heavy atom. The quantitative estimate of drug-likeness (QED) is 0.734. The van der Waals surface area contributed by atoms with E-state index >= 15 is 0 Å². The number of nitrogens with zero attached hydrogens (tertiary/aromatic N) is 1. The highest BCUT2D eigenvalue weighted by Crippen LogP contribution is 2.33. The van der Waals surface area contributed by atoms with Gasteiger partial charge in [0.05, 0.1) is 0 Å². The predicted octanol–water partition coefficient (Wildman–Crippen LogP) is 4.49. The normalized spacial score (nSPS) is 18.2. The highest BCUT2D eigenvalue weighted by Gasteiger charge is 2.34. The Hall–Kier alpha value is -1.37. The Morgan fingerprint density at radius 1 is 1.04 bits per heavy atom. The molecule has 0 amide bonds. The molecule has 23 heavy (non-hydrogen) atoms. The molecule has 1 saturated heterocycles. The number of hydrogen-bond donors (Lipinski definition) is 0. The predicted molar refractivity (Wildman–Crippen MR) is 76.6 cm³/mol. The number of alkyl halides is 5. The minimum atomic E-state index is -4.78. The zero-order valence-electron chi connectivity index (χ0n) is 12.9. The van der Waals surface area contributed by atoms with Crippen molar-refractivity contribution in [3.8, 4) is 5.75 Å². The second-order valence-electron chi connectivity index (χ2n) is 6.18. The third-order valence-corrected chi connectivity index (χ3v) is 4.05. The largest absolute Gasteiger partial charge is 0.573 e. The van der Waals surface area contributed by atoms with Gasteiger partial charge in [-0.25, -0.2) is 8.78 Å². The summed E-state index contributed by atoms with van der Waals surface area (Å²) in [5.41, 5.74) is 0.303. The van der Waals surface area contributed by atoms with E-state index in [9.17, 15) is 22.0 Å². The van der Waals surface area contributed by atoms with Crippen molar-refractivity contribution < 1.29 is 26.7 Å². The Balaban J connectivity index is 1.89. The van der Waals surface area contributed by atoms with E-state index in [-0.39, 0.29) is 12.3 Å². The van der Waals surface area contributed by atoms with Crippen LogP contribution in [0.3, 0.4) is 0 Å². The number of halogens is 5. The molecule has 0 aromatic heterocycles. The van der Waals surface area contributed by atoms with E-state index < -0.39 is 24.5 Å². The van der Waals surface area contributed by atoms with Crippen LogP contribution in [-0.2, 0) is 6.42 Å². The van der Waals surface area contributed by atoms with Crippen molar-refractivity contribution in [1.82, 2.24) is 4.90 Å². The van der Waals surface area contributed by atoms with Crippen LogP contribution in [0, 0.1) is 5.92 Å². The lowest BCUT2D eigenvalue weighted by Gasteiger charge is -2.31. The second-order valence-corrected chi connectivity index (χ2v) is 6.18. The third-order valence-electron chi connectivity index (χ3n) is 4.05. The van der Waals surface area contributed by atoms with Crippen molar-refractivity contribution in [3.05, 3.63) is 29.8 Å². The lowest BCUT2D eigenvalue weighted by atomic mass is 9.89. The maximum Gasteiger partial charge on any atom is 0.573 e. The molecule has 0 radical (unpaired) electrons. The van der Waals surface area contributed by atoms with Gasteiger partial charge < -0.3 is 9.64 Å². The van der Waals surface area contributed by atoms with Gasteiger partial charge in [0.1, 0.15) is 5.75 Å². The zero-order chi connectivity index (χ0) is 17.1. The summed E-state index contributed by atoms with van der Waals surface area (Å²) in [4.78, 5) is 2.12. The average molecular weight is 337 g/mol. The average Bonchev–Trinajstić information content (AvgIpc) is 2.41. The van der Waals surface area contributed by atoms with Crippen LogP contribution in [0.2, 0.25) is 0 Å². The number of hydrogen-bond acceptors (Lipinski definition) is 2. The fourth-order valence-corrected chi connectivity index (χ4v) is 2.87. The standard InChI is InChI=1S/C16H20F5NO/c1-22-8-6-13(7-9-22)11-15(17,18)10-12-2-4-14(5-3-12)23-16(19,20)21/h2-5,13H,6-11H2,1H3. The van der Waals surface area contributed by atoms with Gasteiger partial charge in [-0.05, 0) is 56.6 Å². The summed E-state index contributed by atoms with van der Waals surface area (Å²) in [5, 5.41) is 0. The molecule has 1 aromatic rings. The van der Waals surface area contributed by atoms with Crippen LogP contribution in [-0.4, -0.2) is 37.3 Å². The van der Waals surface area contributed by atoms with Gasteiger partial charge in [0, 0.05) is 12.8 Å². The molecule has 0 atom stereocenters. The molecule has 1 aromatic carbocycles. The van der Waals surface area contributed by atoms with Crippen molar-refractivity contribution in [2.45, 2.75) is 38.0 Å². The highest BCUT2D eigenvalue weighted by atomic mass is 19.4. The molecule has 2 rings (SSSR count). The Morgan fingerprint density at radius 3 is 2.13 bits per heavy atom. The molecule has 1 aliphatic rings. The van der Waals surface area contributed by atoms with Gasteiger partial charge >= 0.3 is 6.36 Å². The first-order valence-electron chi connectivity index (χ1n) is 7.54. The van der Waals surface area contributed by atoms with E-state index in [2.05, 4.69) is 9.64 Å². The van der Waals surface area contributed by atoms with Gasteiger partial charge in [-0.1, -0.05) is 12.1 Å². The van der Waals surface area contributed by atoms with Gasteiger partial charge in [-0.2, -0.15) is 0 Å². The molecule has 0 bridgehead atoms. The number of ether oxygens (including phenoxy) is 1. The second kappa shape index (κ2) is 7.03. The molecular weight excluding hydrogens is 317 g/mol. The van der Waals surface area contributed by atoms with Gasteiger partial charge in [-0.15, -0.1) is 13.2 Å². The fraction of sp³-hybridized carbons (Fsp3) is 0.625. The Labute approximate surface area is 132 Å². The molecule has 1 heterocycles. The summed E-state index contributed by atoms with van der Waals surface area (Å²) in [6.45, 7) is 1.65. The monoisotopic (exact) mass is 337 g/mol. The summed E-state index contributed by atoms with van der Waals surface area (Å²) in [6, 6.07) is 4.64. The summed E-state index contributed by atoms with van der Waals surface area (Å²) >= 11 is 0. The third kappa shape index (κ3) is 6.33. The van der Waals surface area contributed by atoms with Gasteiger partial charge in [0.25, 0.3) is 5.92 Å². The lowest BCUT2D eigenvalue weighted by Crippen LogP contribution is -2.33. The molecule has 1 fully saturated rings. The van der Waals surface area contributed by atoms with Crippen molar-refractivity contribution in [1.29, 1.82) is 0 Å². The summed E-state index contributed by atoms with van der Waals surface area (Å²) in [5.74, 6) is -3.26. The van der Waals surface area contributed by atoms with E-state index in [1.807, 2.05) is 7.05 Å². The van der Waals surface area contributed by atoms with Crippen LogP contribution in [0.25, 0.3) is 0 Å². The topological polar surface area (TPSA) is 12.5 Å². The first-order chi connectivity index (χ1) is 10.6. The first kappa shape index (κ1) is 18.0. The summed E-state index contributed by atoms with van der Waals surface area (Å²) in [6.07, 6.45) is -3.91. The van der Waals surface area contributed by atoms with Crippen LogP contribution in [0.1, 0.15) is 24.8 Å². The summed E-state index contributed by atoms with van der Waals surface area (Å²) in [7, 11) is 1.97. The van der Waals surface area contributed by atoms with Gasteiger partial charge in [0.15, 0.2) is 0 Å². The van der Waals surface area contributed by atoms with Gasteiger partial charge in [-0.3, -0.25) is 0 Å². The van der Waals surface area contributed by atoms with E-state index in [0.29, 0.717) is 5.56 Å². The molecular formula is C16H20F5NO. The minimum absolute atomic E-state index is 0.00552. The van der Waals surface area contributed by atoms with Crippen molar-refractivity contribution in [2.75, 3.05) is 20.1 Å². The SMILES string of the molecule is CN1CCC(CC(F)(F)Cc2ccc(OC(F)(F)F)cc2)CC1. The molecule has 0 spiro atoms. The first-order valence-corrected chi connectivity index (χ1v) is 7.54. The van der Waals surface area contributed by atoms with Crippen LogP contribution in [0.5, 0.6) is 5.75 Å².